The fraction of sp³-hybridized carbons (Fsp3) is 0.0556. The van der Waals surface area contributed by atoms with Crippen LogP contribution in [0.5, 0.6) is 0 Å². The van der Waals surface area contributed by atoms with Crippen molar-refractivity contribution >= 4 is 34.7 Å². The Morgan fingerprint density at radius 1 is 1.19 bits per heavy atom. The molecule has 0 bridgehead atoms. The summed E-state index contributed by atoms with van der Waals surface area (Å²) < 4.78 is 2.77. The van der Waals surface area contributed by atoms with Crippen LogP contribution < -0.4 is 0 Å². The number of allylic oxidation sites excluding steroid dienone is 1. The van der Waals surface area contributed by atoms with Gasteiger partial charge in [0.25, 0.3) is 0 Å². The predicted octanol–water partition coefficient (Wildman–Crippen LogP) is 4.47. The average molecular weight is 384 g/mol. The molecule has 8 heteroatoms. The number of aliphatic hydroxyl groups excluding tert-OH is 1. The molecule has 0 fully saturated rings. The van der Waals surface area contributed by atoms with E-state index in [1.807, 2.05) is 12.1 Å². The minimum atomic E-state index is -0.372. The van der Waals surface area contributed by atoms with Crippen LogP contribution in [0.15, 0.2) is 42.7 Å². The smallest absolute Gasteiger partial charge is 0.167 e. The first-order valence-corrected chi connectivity index (χ1v) is 8.12. The Kier molecular flexibility index (Phi) is 4.73. The van der Waals surface area contributed by atoms with E-state index in [2.05, 4.69) is 11.2 Å². The molecule has 3 aromatic rings. The molecule has 1 N–H and O–H groups in total. The van der Waals surface area contributed by atoms with Crippen LogP contribution in [0.3, 0.4) is 0 Å². The molecule has 2 heterocycles. The van der Waals surface area contributed by atoms with E-state index in [9.17, 15) is 10.4 Å². The topological polar surface area (TPSA) is 90.6 Å². The molecule has 128 valence electrons. The second-order valence-electron chi connectivity index (χ2n) is 5.39. The molecule has 0 aliphatic heterocycles. The van der Waals surface area contributed by atoms with Gasteiger partial charge >= 0.3 is 0 Å². The zero-order valence-electron chi connectivity index (χ0n) is 13.5. The zero-order valence-corrected chi connectivity index (χ0v) is 15.0. The molecule has 26 heavy (non-hydrogen) atoms. The van der Waals surface area contributed by atoms with Crippen LogP contribution in [0.1, 0.15) is 11.1 Å². The number of halogens is 2. The Bertz CT molecular complexity index is 1110. The average Bonchev–Trinajstić information content (AvgIpc) is 3.21. The van der Waals surface area contributed by atoms with Gasteiger partial charge in [0.2, 0.25) is 0 Å². The van der Waals surface area contributed by atoms with Crippen LogP contribution in [0.4, 0.5) is 0 Å². The minimum Gasteiger partial charge on any atom is -0.504 e. The SMILES string of the molecule is Cn1nc(Cl)c(/C(O)=C(/C#N)n2ccc(-c3cccc(C#N)c3)c2)c1Cl. The quantitative estimate of drug-likeness (QED) is 0.533. The minimum absolute atomic E-state index is 0.00292. The Morgan fingerprint density at radius 3 is 2.58 bits per heavy atom. The van der Waals surface area contributed by atoms with Gasteiger partial charge in [0, 0.05) is 19.4 Å². The molecule has 0 saturated carbocycles. The summed E-state index contributed by atoms with van der Waals surface area (Å²) in [5.74, 6) is -0.372. The lowest BCUT2D eigenvalue weighted by Gasteiger charge is -2.05. The summed E-state index contributed by atoms with van der Waals surface area (Å²) in [6.45, 7) is 0. The standard InChI is InChI=1S/C18H11Cl2N5O/c1-24-18(20)15(17(19)23-24)16(26)14(9-22)25-6-5-13(10-25)12-4-2-3-11(7-12)8-21/h2-7,10,26H,1H3/b16-14+. The fourth-order valence-corrected chi connectivity index (χ4v) is 3.05. The number of hydrogen-bond donors (Lipinski definition) is 1. The second kappa shape index (κ2) is 6.97. The highest BCUT2D eigenvalue weighted by atomic mass is 35.5. The van der Waals surface area contributed by atoms with Crippen molar-refractivity contribution in [2.24, 2.45) is 7.05 Å². The van der Waals surface area contributed by atoms with Gasteiger partial charge in [-0.3, -0.25) is 4.68 Å². The van der Waals surface area contributed by atoms with Gasteiger partial charge in [-0.25, -0.2) is 0 Å². The Morgan fingerprint density at radius 2 is 1.96 bits per heavy atom. The molecule has 0 saturated heterocycles. The summed E-state index contributed by atoms with van der Waals surface area (Å²) in [7, 11) is 1.58. The summed E-state index contributed by atoms with van der Waals surface area (Å²) >= 11 is 12.1. The molecule has 0 unspecified atom stereocenters. The molecule has 0 atom stereocenters. The lowest BCUT2D eigenvalue weighted by Crippen LogP contribution is -1.97. The van der Waals surface area contributed by atoms with Gasteiger partial charge in [-0.2, -0.15) is 15.6 Å². The molecule has 2 aromatic heterocycles. The van der Waals surface area contributed by atoms with Crippen molar-refractivity contribution in [1.29, 1.82) is 10.5 Å². The molecule has 0 spiro atoms. The number of nitriles is 2. The van der Waals surface area contributed by atoms with Gasteiger partial charge < -0.3 is 9.67 Å². The number of nitrogens with zero attached hydrogens (tertiary/aromatic N) is 5. The van der Waals surface area contributed by atoms with E-state index in [4.69, 9.17) is 28.5 Å². The van der Waals surface area contributed by atoms with Gasteiger partial charge in [0.1, 0.15) is 11.2 Å². The number of hydrogen-bond acceptors (Lipinski definition) is 4. The molecule has 0 aliphatic rings. The maximum absolute atomic E-state index is 10.5. The van der Waals surface area contributed by atoms with Crippen molar-refractivity contribution in [3.8, 4) is 23.3 Å². The normalized spacial score (nSPS) is 11.6. The monoisotopic (exact) mass is 383 g/mol. The summed E-state index contributed by atoms with van der Waals surface area (Å²) in [6.07, 6.45) is 3.30. The lowest BCUT2D eigenvalue weighted by molar-refractivity contribution is 0.512. The maximum atomic E-state index is 10.5. The molecule has 1 aromatic carbocycles. The third kappa shape index (κ3) is 3.04. The van der Waals surface area contributed by atoms with E-state index >= 15 is 0 Å². The molecular weight excluding hydrogens is 373 g/mol. The summed E-state index contributed by atoms with van der Waals surface area (Å²) in [4.78, 5) is 0. The van der Waals surface area contributed by atoms with E-state index in [0.717, 1.165) is 11.1 Å². The fourth-order valence-electron chi connectivity index (χ4n) is 2.49. The third-order valence-electron chi connectivity index (χ3n) is 3.78. The van der Waals surface area contributed by atoms with Crippen molar-refractivity contribution in [3.05, 3.63) is 64.2 Å². The number of aryl methyl sites for hydroxylation is 1. The second-order valence-corrected chi connectivity index (χ2v) is 6.11. The van der Waals surface area contributed by atoms with Gasteiger partial charge in [-0.1, -0.05) is 35.3 Å². The highest BCUT2D eigenvalue weighted by Gasteiger charge is 2.21. The van der Waals surface area contributed by atoms with Gasteiger partial charge in [-0.05, 0) is 29.3 Å². The Balaban J connectivity index is 2.09. The van der Waals surface area contributed by atoms with Crippen LogP contribution >= 0.6 is 23.2 Å². The number of rotatable bonds is 3. The van der Waals surface area contributed by atoms with Crippen molar-refractivity contribution in [2.75, 3.05) is 0 Å². The van der Waals surface area contributed by atoms with Crippen LogP contribution in [-0.4, -0.2) is 19.5 Å². The molecular formula is C18H11Cl2N5O. The van der Waals surface area contributed by atoms with Crippen LogP contribution in [0.2, 0.25) is 10.3 Å². The largest absolute Gasteiger partial charge is 0.504 e. The summed E-state index contributed by atoms with van der Waals surface area (Å²) in [5.41, 5.74) is 2.17. The van der Waals surface area contributed by atoms with Gasteiger partial charge in [-0.15, -0.1) is 0 Å². The van der Waals surface area contributed by atoms with E-state index in [1.165, 1.54) is 9.25 Å². The summed E-state index contributed by atoms with van der Waals surface area (Å²) in [6, 6.07) is 12.9. The number of benzene rings is 1. The first-order chi connectivity index (χ1) is 12.5. The van der Waals surface area contributed by atoms with Gasteiger partial charge in [0.15, 0.2) is 16.6 Å². The van der Waals surface area contributed by atoms with Crippen molar-refractivity contribution in [1.82, 2.24) is 14.3 Å². The van der Waals surface area contributed by atoms with Crippen LogP contribution in [0, 0.1) is 22.7 Å². The van der Waals surface area contributed by atoms with E-state index in [-0.39, 0.29) is 27.3 Å². The first-order valence-electron chi connectivity index (χ1n) is 7.37. The first kappa shape index (κ1) is 17.6. The van der Waals surface area contributed by atoms with E-state index < -0.39 is 0 Å². The van der Waals surface area contributed by atoms with Crippen molar-refractivity contribution in [2.45, 2.75) is 0 Å². The number of aromatic nitrogens is 3. The summed E-state index contributed by atoms with van der Waals surface area (Å²) in [5, 5.41) is 33.1. The lowest BCUT2D eigenvalue weighted by atomic mass is 10.1. The molecule has 0 radical (unpaired) electrons. The third-order valence-corrected chi connectivity index (χ3v) is 4.48. The van der Waals surface area contributed by atoms with Crippen molar-refractivity contribution < 1.29 is 5.11 Å². The molecule has 6 nitrogen and oxygen atoms in total. The van der Waals surface area contributed by atoms with Crippen LogP contribution in [0.25, 0.3) is 22.6 Å². The highest BCUT2D eigenvalue weighted by molar-refractivity contribution is 6.36. The van der Waals surface area contributed by atoms with Crippen LogP contribution in [-0.2, 0) is 7.05 Å². The van der Waals surface area contributed by atoms with Gasteiger partial charge in [0.05, 0.1) is 17.2 Å². The Labute approximate surface area is 159 Å². The maximum Gasteiger partial charge on any atom is 0.167 e. The van der Waals surface area contributed by atoms with Crippen molar-refractivity contribution in [3.63, 3.8) is 0 Å². The van der Waals surface area contributed by atoms with E-state index in [0.29, 0.717) is 5.56 Å². The molecule has 0 aliphatic carbocycles. The molecule has 0 amide bonds. The number of aliphatic hydroxyl groups is 1. The molecule has 3 rings (SSSR count). The Hall–Kier alpha value is -3.19. The zero-order chi connectivity index (χ0) is 18.8. The highest BCUT2D eigenvalue weighted by Crippen LogP contribution is 2.32. The predicted molar refractivity (Wildman–Crippen MR) is 99.2 cm³/mol. The van der Waals surface area contributed by atoms with E-state index in [1.54, 1.807) is 43.7 Å².